The Kier molecular flexibility index (Phi) is 3.22. The predicted octanol–water partition coefficient (Wildman–Crippen LogP) is 5.16. The van der Waals surface area contributed by atoms with E-state index >= 15 is 0 Å². The quantitative estimate of drug-likeness (QED) is 0.429. The van der Waals surface area contributed by atoms with E-state index < -0.39 is 0 Å². The maximum Gasteiger partial charge on any atom is 0.130 e. The first-order valence-electron chi connectivity index (χ1n) is 5.55. The van der Waals surface area contributed by atoms with E-state index in [0.717, 1.165) is 22.0 Å². The molecule has 2 aromatic carbocycles. The van der Waals surface area contributed by atoms with E-state index in [4.69, 9.17) is 11.6 Å². The van der Waals surface area contributed by atoms with Crippen molar-refractivity contribution in [1.82, 2.24) is 4.98 Å². The van der Waals surface area contributed by atoms with Crippen molar-refractivity contribution in [2.45, 2.75) is 0 Å². The summed E-state index contributed by atoms with van der Waals surface area (Å²) in [6, 6.07) is 18.4. The van der Waals surface area contributed by atoms with E-state index in [9.17, 15) is 0 Å². The molecule has 0 aliphatic heterocycles. The molecule has 0 saturated carbocycles. The highest BCUT2D eigenvalue weighted by atomic mass is 127. The van der Waals surface area contributed by atoms with Gasteiger partial charge >= 0.3 is 0 Å². The van der Waals surface area contributed by atoms with Crippen LogP contribution in [0.4, 0.5) is 0 Å². The summed E-state index contributed by atoms with van der Waals surface area (Å²) in [7, 11) is 0. The van der Waals surface area contributed by atoms with Gasteiger partial charge in [-0.2, -0.15) is 0 Å². The number of halogens is 2. The van der Waals surface area contributed by atoms with Crippen molar-refractivity contribution < 1.29 is 0 Å². The van der Waals surface area contributed by atoms with Crippen LogP contribution in [0.3, 0.4) is 0 Å². The lowest BCUT2D eigenvalue weighted by Gasteiger charge is -2.07. The second-order valence-electron chi connectivity index (χ2n) is 4.02. The first kappa shape index (κ1) is 11.9. The maximum atomic E-state index is 6.10. The van der Waals surface area contributed by atoms with Gasteiger partial charge in [-0.3, -0.25) is 0 Å². The SMILES string of the molecule is Clc1cc(-c2ccccc2)c2cc(I)ccc2n1. The summed E-state index contributed by atoms with van der Waals surface area (Å²) in [6.07, 6.45) is 0. The summed E-state index contributed by atoms with van der Waals surface area (Å²) in [5.41, 5.74) is 3.22. The van der Waals surface area contributed by atoms with Crippen LogP contribution in [-0.2, 0) is 0 Å². The molecular weight excluding hydrogens is 357 g/mol. The second kappa shape index (κ2) is 4.86. The Labute approximate surface area is 124 Å². The van der Waals surface area contributed by atoms with Gasteiger partial charge < -0.3 is 0 Å². The summed E-state index contributed by atoms with van der Waals surface area (Å²) >= 11 is 8.41. The molecule has 1 aromatic heterocycles. The third-order valence-corrected chi connectivity index (χ3v) is 3.69. The Hall–Kier alpha value is -1.13. The van der Waals surface area contributed by atoms with Crippen LogP contribution in [0.1, 0.15) is 0 Å². The second-order valence-corrected chi connectivity index (χ2v) is 5.65. The zero-order valence-corrected chi connectivity index (χ0v) is 12.3. The lowest BCUT2D eigenvalue weighted by molar-refractivity contribution is 1.41. The smallest absolute Gasteiger partial charge is 0.130 e. The molecule has 0 aliphatic carbocycles. The number of hydrogen-bond donors (Lipinski definition) is 0. The van der Waals surface area contributed by atoms with Crippen molar-refractivity contribution >= 4 is 45.1 Å². The Morgan fingerprint density at radius 1 is 0.944 bits per heavy atom. The van der Waals surface area contributed by atoms with Crippen LogP contribution in [-0.4, -0.2) is 4.98 Å². The molecule has 3 heteroatoms. The minimum absolute atomic E-state index is 0.530. The van der Waals surface area contributed by atoms with Crippen LogP contribution in [0.25, 0.3) is 22.0 Å². The van der Waals surface area contributed by atoms with Gasteiger partial charge in [0, 0.05) is 8.96 Å². The lowest BCUT2D eigenvalue weighted by atomic mass is 10.0. The molecule has 0 amide bonds. The standard InChI is InChI=1S/C15H9ClIN/c16-15-9-12(10-4-2-1-3-5-10)13-8-11(17)6-7-14(13)18-15/h1-9H. The van der Waals surface area contributed by atoms with Gasteiger partial charge in [-0.05, 0) is 58.0 Å². The molecule has 0 N–H and O–H groups in total. The van der Waals surface area contributed by atoms with E-state index in [1.807, 2.05) is 36.4 Å². The molecule has 3 aromatic rings. The van der Waals surface area contributed by atoms with Crippen LogP contribution in [0.15, 0.2) is 54.6 Å². The average molecular weight is 366 g/mol. The van der Waals surface area contributed by atoms with Crippen molar-refractivity contribution in [3.05, 3.63) is 63.3 Å². The zero-order valence-electron chi connectivity index (χ0n) is 9.40. The maximum absolute atomic E-state index is 6.10. The number of fused-ring (bicyclic) bond motifs is 1. The van der Waals surface area contributed by atoms with Crippen LogP contribution in [0.2, 0.25) is 5.15 Å². The largest absolute Gasteiger partial charge is 0.236 e. The fourth-order valence-corrected chi connectivity index (χ4v) is 2.71. The Morgan fingerprint density at radius 2 is 1.72 bits per heavy atom. The molecule has 88 valence electrons. The number of nitrogens with zero attached hydrogens (tertiary/aromatic N) is 1. The molecule has 0 saturated heterocycles. The van der Waals surface area contributed by atoms with Gasteiger partial charge in [-0.15, -0.1) is 0 Å². The molecule has 1 nitrogen and oxygen atoms in total. The lowest BCUT2D eigenvalue weighted by Crippen LogP contribution is -1.86. The van der Waals surface area contributed by atoms with Gasteiger partial charge in [0.25, 0.3) is 0 Å². The summed E-state index contributed by atoms with van der Waals surface area (Å²) in [5.74, 6) is 0. The number of benzene rings is 2. The molecule has 0 bridgehead atoms. The zero-order chi connectivity index (χ0) is 12.5. The molecule has 0 spiro atoms. The molecular formula is C15H9ClIN. The fraction of sp³-hybridized carbons (Fsp3) is 0. The highest BCUT2D eigenvalue weighted by Gasteiger charge is 2.07. The van der Waals surface area contributed by atoms with Crippen LogP contribution < -0.4 is 0 Å². The summed E-state index contributed by atoms with van der Waals surface area (Å²) < 4.78 is 1.20. The molecule has 1 heterocycles. The van der Waals surface area contributed by atoms with Crippen LogP contribution in [0, 0.1) is 3.57 Å². The summed E-state index contributed by atoms with van der Waals surface area (Å²) in [6.45, 7) is 0. The predicted molar refractivity (Wildman–Crippen MR) is 84.9 cm³/mol. The highest BCUT2D eigenvalue weighted by Crippen LogP contribution is 2.30. The molecule has 0 radical (unpaired) electrons. The Morgan fingerprint density at radius 3 is 2.50 bits per heavy atom. The molecule has 0 atom stereocenters. The van der Waals surface area contributed by atoms with Crippen molar-refractivity contribution in [2.75, 3.05) is 0 Å². The summed E-state index contributed by atoms with van der Waals surface area (Å²) in [4.78, 5) is 4.37. The van der Waals surface area contributed by atoms with Gasteiger partial charge in [-0.1, -0.05) is 41.9 Å². The van der Waals surface area contributed by atoms with Crippen LogP contribution in [0.5, 0.6) is 0 Å². The van der Waals surface area contributed by atoms with Crippen molar-refractivity contribution in [3.8, 4) is 11.1 Å². The number of aromatic nitrogens is 1. The average Bonchev–Trinajstić information content (AvgIpc) is 2.39. The van der Waals surface area contributed by atoms with E-state index in [0.29, 0.717) is 5.15 Å². The summed E-state index contributed by atoms with van der Waals surface area (Å²) in [5, 5.41) is 1.67. The minimum Gasteiger partial charge on any atom is -0.236 e. The third kappa shape index (κ3) is 2.22. The van der Waals surface area contributed by atoms with Gasteiger partial charge in [0.05, 0.1) is 5.52 Å². The van der Waals surface area contributed by atoms with E-state index in [2.05, 4.69) is 45.8 Å². The van der Waals surface area contributed by atoms with Crippen LogP contribution >= 0.6 is 34.2 Å². The van der Waals surface area contributed by atoms with Crippen molar-refractivity contribution in [1.29, 1.82) is 0 Å². The topological polar surface area (TPSA) is 12.9 Å². The molecule has 0 unspecified atom stereocenters. The molecule has 0 aliphatic rings. The minimum atomic E-state index is 0.530. The highest BCUT2D eigenvalue weighted by molar-refractivity contribution is 14.1. The Bertz CT molecular complexity index is 710. The van der Waals surface area contributed by atoms with E-state index in [-0.39, 0.29) is 0 Å². The molecule has 0 fully saturated rings. The molecule has 3 rings (SSSR count). The van der Waals surface area contributed by atoms with Gasteiger partial charge in [-0.25, -0.2) is 4.98 Å². The number of rotatable bonds is 1. The monoisotopic (exact) mass is 365 g/mol. The number of pyridine rings is 1. The molecule has 18 heavy (non-hydrogen) atoms. The van der Waals surface area contributed by atoms with E-state index in [1.54, 1.807) is 0 Å². The van der Waals surface area contributed by atoms with Crippen molar-refractivity contribution in [2.24, 2.45) is 0 Å². The van der Waals surface area contributed by atoms with Crippen molar-refractivity contribution in [3.63, 3.8) is 0 Å². The van der Waals surface area contributed by atoms with Gasteiger partial charge in [0.15, 0.2) is 0 Å². The van der Waals surface area contributed by atoms with E-state index in [1.165, 1.54) is 3.57 Å². The van der Waals surface area contributed by atoms with Gasteiger partial charge in [0.2, 0.25) is 0 Å². The fourth-order valence-electron chi connectivity index (χ4n) is 2.02. The third-order valence-electron chi connectivity index (χ3n) is 2.82. The first-order chi connectivity index (χ1) is 8.74. The Balaban J connectivity index is 2.37. The van der Waals surface area contributed by atoms with Gasteiger partial charge in [0.1, 0.15) is 5.15 Å². The number of hydrogen-bond acceptors (Lipinski definition) is 1. The first-order valence-corrected chi connectivity index (χ1v) is 7.01. The normalized spacial score (nSPS) is 10.8.